The van der Waals surface area contributed by atoms with Crippen LogP contribution in [0.4, 0.5) is 11.4 Å². The Labute approximate surface area is 181 Å². The van der Waals surface area contributed by atoms with Gasteiger partial charge in [0.05, 0.1) is 17.5 Å². The highest BCUT2D eigenvalue weighted by molar-refractivity contribution is 6.30. The third-order valence-corrected chi connectivity index (χ3v) is 5.59. The van der Waals surface area contributed by atoms with E-state index in [-0.39, 0.29) is 23.6 Å². The van der Waals surface area contributed by atoms with E-state index in [1.54, 1.807) is 12.1 Å². The maximum absolute atomic E-state index is 12.7. The van der Waals surface area contributed by atoms with Crippen LogP contribution in [0.1, 0.15) is 25.5 Å². The van der Waals surface area contributed by atoms with Crippen LogP contribution in [0.3, 0.4) is 0 Å². The summed E-state index contributed by atoms with van der Waals surface area (Å²) >= 11 is 5.91. The molecule has 1 heterocycles. The Morgan fingerprint density at radius 1 is 1.13 bits per heavy atom. The van der Waals surface area contributed by atoms with Gasteiger partial charge in [0, 0.05) is 37.3 Å². The molecule has 1 saturated heterocycles. The molecule has 2 aromatic carbocycles. The van der Waals surface area contributed by atoms with Crippen LogP contribution in [0.15, 0.2) is 48.5 Å². The number of nitro benzene ring substituents is 1. The van der Waals surface area contributed by atoms with Gasteiger partial charge in [-0.15, -0.1) is 0 Å². The fourth-order valence-corrected chi connectivity index (χ4v) is 3.94. The van der Waals surface area contributed by atoms with Gasteiger partial charge in [0.25, 0.3) is 5.69 Å². The van der Waals surface area contributed by atoms with Crippen molar-refractivity contribution in [1.29, 1.82) is 0 Å². The second-order valence-corrected chi connectivity index (χ2v) is 8.29. The summed E-state index contributed by atoms with van der Waals surface area (Å²) in [5.74, 6) is 0.266. The summed E-state index contributed by atoms with van der Waals surface area (Å²) in [6.07, 6.45) is 0. The molecule has 1 amide bonds. The molecule has 1 aliphatic rings. The van der Waals surface area contributed by atoms with Crippen LogP contribution in [0.5, 0.6) is 0 Å². The number of amides is 1. The number of nitrogens with one attached hydrogen (secondary N) is 1. The van der Waals surface area contributed by atoms with Crippen LogP contribution in [-0.2, 0) is 4.79 Å². The van der Waals surface area contributed by atoms with E-state index in [1.807, 2.05) is 35.2 Å². The first-order valence-electron chi connectivity index (χ1n) is 10.1. The van der Waals surface area contributed by atoms with E-state index >= 15 is 0 Å². The summed E-state index contributed by atoms with van der Waals surface area (Å²) in [6.45, 7) is 7.04. The van der Waals surface area contributed by atoms with Crippen molar-refractivity contribution in [3.05, 3.63) is 69.2 Å². The largest absolute Gasteiger partial charge is 0.363 e. The number of rotatable bonds is 7. The minimum Gasteiger partial charge on any atom is -0.363 e. The summed E-state index contributed by atoms with van der Waals surface area (Å²) in [5.41, 5.74) is 1.68. The summed E-state index contributed by atoms with van der Waals surface area (Å²) in [7, 11) is 0. The van der Waals surface area contributed by atoms with Crippen molar-refractivity contribution < 1.29 is 9.72 Å². The maximum Gasteiger partial charge on any atom is 0.294 e. The number of benzene rings is 2. The number of carbonyl (C=O) groups is 1. The van der Waals surface area contributed by atoms with Crippen molar-refractivity contribution >= 4 is 28.9 Å². The lowest BCUT2D eigenvalue weighted by Gasteiger charge is -2.35. The number of anilines is 1. The molecule has 0 bridgehead atoms. The zero-order valence-electron chi connectivity index (χ0n) is 17.3. The molecule has 1 fully saturated rings. The van der Waals surface area contributed by atoms with Gasteiger partial charge >= 0.3 is 0 Å². The van der Waals surface area contributed by atoms with Crippen LogP contribution in [0, 0.1) is 16.0 Å². The molecule has 3 rings (SSSR count). The van der Waals surface area contributed by atoms with Crippen molar-refractivity contribution in [1.82, 2.24) is 10.2 Å². The Hall–Kier alpha value is -2.64. The van der Waals surface area contributed by atoms with Crippen molar-refractivity contribution in [3.8, 4) is 0 Å². The van der Waals surface area contributed by atoms with Gasteiger partial charge in [0.15, 0.2) is 0 Å². The van der Waals surface area contributed by atoms with Crippen molar-refractivity contribution in [2.24, 2.45) is 5.92 Å². The number of hydrogen-bond acceptors (Lipinski definition) is 5. The van der Waals surface area contributed by atoms with Crippen LogP contribution in [0.2, 0.25) is 5.02 Å². The minimum absolute atomic E-state index is 0.0105. The van der Waals surface area contributed by atoms with Crippen molar-refractivity contribution in [3.63, 3.8) is 0 Å². The van der Waals surface area contributed by atoms with E-state index in [2.05, 4.69) is 24.1 Å². The highest BCUT2D eigenvalue weighted by Gasteiger charge is 2.26. The SMILES string of the molecule is CC(C)C(NC(=O)CN1CCN(c2ccc(Cl)cc2[N+](=O)[O-])CC1)c1ccccc1. The minimum atomic E-state index is -0.406. The van der Waals surface area contributed by atoms with E-state index in [0.717, 1.165) is 5.56 Å². The average Bonchev–Trinajstić information content (AvgIpc) is 2.73. The fourth-order valence-electron chi connectivity index (χ4n) is 3.77. The van der Waals surface area contributed by atoms with Gasteiger partial charge < -0.3 is 10.2 Å². The lowest BCUT2D eigenvalue weighted by Crippen LogP contribution is -2.50. The second kappa shape index (κ2) is 9.91. The molecule has 1 aliphatic heterocycles. The van der Waals surface area contributed by atoms with Gasteiger partial charge in [-0.05, 0) is 23.6 Å². The molecular formula is C22H27ClN4O3. The number of nitrogens with zero attached hydrogens (tertiary/aromatic N) is 3. The molecule has 0 aliphatic carbocycles. The quantitative estimate of drug-likeness (QED) is 0.532. The lowest BCUT2D eigenvalue weighted by molar-refractivity contribution is -0.384. The smallest absolute Gasteiger partial charge is 0.294 e. The van der Waals surface area contributed by atoms with Crippen LogP contribution in [0.25, 0.3) is 0 Å². The molecule has 0 spiro atoms. The predicted octanol–water partition coefficient (Wildman–Crippen LogP) is 3.88. The third-order valence-electron chi connectivity index (χ3n) is 5.36. The molecular weight excluding hydrogens is 404 g/mol. The molecule has 160 valence electrons. The van der Waals surface area contributed by atoms with Crippen LogP contribution in [-0.4, -0.2) is 48.5 Å². The zero-order chi connectivity index (χ0) is 21.7. The maximum atomic E-state index is 12.7. The average molecular weight is 431 g/mol. The zero-order valence-corrected chi connectivity index (χ0v) is 18.0. The van der Waals surface area contributed by atoms with E-state index in [9.17, 15) is 14.9 Å². The molecule has 8 heteroatoms. The first-order chi connectivity index (χ1) is 14.3. The topological polar surface area (TPSA) is 78.7 Å². The third kappa shape index (κ3) is 5.49. The van der Waals surface area contributed by atoms with Crippen LogP contribution < -0.4 is 10.2 Å². The monoisotopic (exact) mass is 430 g/mol. The molecule has 7 nitrogen and oxygen atoms in total. The van der Waals surface area contributed by atoms with Crippen LogP contribution >= 0.6 is 11.6 Å². The number of piperazine rings is 1. The molecule has 1 atom stereocenters. The van der Waals surface area contributed by atoms with E-state index in [1.165, 1.54) is 6.07 Å². The van der Waals surface area contributed by atoms with E-state index in [0.29, 0.717) is 43.4 Å². The molecule has 2 aromatic rings. The predicted molar refractivity (Wildman–Crippen MR) is 119 cm³/mol. The molecule has 1 unspecified atom stereocenters. The van der Waals surface area contributed by atoms with E-state index in [4.69, 9.17) is 11.6 Å². The number of hydrogen-bond donors (Lipinski definition) is 1. The second-order valence-electron chi connectivity index (χ2n) is 7.85. The summed E-state index contributed by atoms with van der Waals surface area (Å²) in [5, 5.41) is 14.9. The summed E-state index contributed by atoms with van der Waals surface area (Å²) < 4.78 is 0. The summed E-state index contributed by atoms with van der Waals surface area (Å²) in [6, 6.07) is 14.7. The Morgan fingerprint density at radius 3 is 2.40 bits per heavy atom. The van der Waals surface area contributed by atoms with E-state index < -0.39 is 4.92 Å². The summed E-state index contributed by atoms with van der Waals surface area (Å²) in [4.78, 5) is 27.7. The normalized spacial score (nSPS) is 15.8. The molecule has 0 saturated carbocycles. The van der Waals surface area contributed by atoms with Gasteiger partial charge in [0.1, 0.15) is 5.69 Å². The first-order valence-corrected chi connectivity index (χ1v) is 10.5. The van der Waals surface area contributed by atoms with Crippen molar-refractivity contribution in [2.75, 3.05) is 37.6 Å². The highest BCUT2D eigenvalue weighted by Crippen LogP contribution is 2.31. The number of carbonyl (C=O) groups excluding carboxylic acids is 1. The van der Waals surface area contributed by atoms with Gasteiger partial charge in [-0.2, -0.15) is 0 Å². The van der Waals surface area contributed by atoms with Gasteiger partial charge in [0.2, 0.25) is 5.91 Å². The number of halogens is 1. The van der Waals surface area contributed by atoms with Gasteiger partial charge in [-0.1, -0.05) is 55.8 Å². The first kappa shape index (κ1) is 22.1. The fraction of sp³-hybridized carbons (Fsp3) is 0.409. The Kier molecular flexibility index (Phi) is 7.29. The van der Waals surface area contributed by atoms with Crippen molar-refractivity contribution in [2.45, 2.75) is 19.9 Å². The molecule has 0 aromatic heterocycles. The number of nitro groups is 1. The Bertz CT molecular complexity index is 883. The lowest BCUT2D eigenvalue weighted by atomic mass is 9.96. The standard InChI is InChI=1S/C22H27ClN4O3/c1-16(2)22(17-6-4-3-5-7-17)24-21(28)15-25-10-12-26(13-11-25)19-9-8-18(23)14-20(19)27(29)30/h3-9,14,16,22H,10-13,15H2,1-2H3,(H,24,28). The Morgan fingerprint density at radius 2 is 1.80 bits per heavy atom. The van der Waals surface area contributed by atoms with Gasteiger partial charge in [-0.25, -0.2) is 0 Å². The Balaban J connectivity index is 1.57. The molecule has 1 N–H and O–H groups in total. The highest BCUT2D eigenvalue weighted by atomic mass is 35.5. The van der Waals surface area contributed by atoms with Gasteiger partial charge in [-0.3, -0.25) is 19.8 Å². The molecule has 0 radical (unpaired) electrons. The molecule has 30 heavy (non-hydrogen) atoms.